The third-order valence-corrected chi connectivity index (χ3v) is 5.32. The molecule has 1 heterocycles. The van der Waals surface area contributed by atoms with E-state index in [1.807, 2.05) is 0 Å². The summed E-state index contributed by atoms with van der Waals surface area (Å²) in [5, 5.41) is 0. The highest BCUT2D eigenvalue weighted by molar-refractivity contribution is 4.90. The Hall–Kier alpha value is -0.0800. The van der Waals surface area contributed by atoms with Crippen LogP contribution in [0.25, 0.3) is 0 Å². The summed E-state index contributed by atoms with van der Waals surface area (Å²) in [4.78, 5) is 2.70. The van der Waals surface area contributed by atoms with Crippen molar-refractivity contribution in [3.8, 4) is 0 Å². The Labute approximate surface area is 113 Å². The lowest BCUT2D eigenvalue weighted by Gasteiger charge is -2.44. The summed E-state index contributed by atoms with van der Waals surface area (Å²) in [5.41, 5.74) is 6.87. The molecule has 4 unspecified atom stereocenters. The maximum atomic E-state index is 6.36. The lowest BCUT2D eigenvalue weighted by atomic mass is 9.70. The van der Waals surface area contributed by atoms with Crippen molar-refractivity contribution in [1.82, 2.24) is 4.90 Å². The molecule has 18 heavy (non-hydrogen) atoms. The Balaban J connectivity index is 1.91. The summed E-state index contributed by atoms with van der Waals surface area (Å²) in [6, 6.07) is 1.19. The minimum atomic E-state index is 0.435. The Bertz CT molecular complexity index is 274. The van der Waals surface area contributed by atoms with Gasteiger partial charge < -0.3 is 10.6 Å². The van der Waals surface area contributed by atoms with E-state index >= 15 is 0 Å². The van der Waals surface area contributed by atoms with E-state index in [0.29, 0.717) is 17.4 Å². The molecule has 2 fully saturated rings. The molecule has 106 valence electrons. The Kier molecular flexibility index (Phi) is 4.38. The molecule has 2 N–H and O–H groups in total. The van der Waals surface area contributed by atoms with Gasteiger partial charge in [-0.15, -0.1) is 0 Å². The predicted molar refractivity (Wildman–Crippen MR) is 78.5 cm³/mol. The fraction of sp³-hybridized carbons (Fsp3) is 1.00. The molecule has 0 spiro atoms. The quantitative estimate of drug-likeness (QED) is 0.817. The molecule has 0 amide bonds. The van der Waals surface area contributed by atoms with E-state index < -0.39 is 0 Å². The monoisotopic (exact) mass is 252 g/mol. The van der Waals surface area contributed by atoms with Crippen molar-refractivity contribution in [2.24, 2.45) is 23.0 Å². The first-order chi connectivity index (χ1) is 8.37. The molecule has 0 bridgehead atoms. The summed E-state index contributed by atoms with van der Waals surface area (Å²) >= 11 is 0. The average molecular weight is 252 g/mol. The molecule has 4 atom stereocenters. The van der Waals surface area contributed by atoms with Crippen molar-refractivity contribution in [1.29, 1.82) is 0 Å². The summed E-state index contributed by atoms with van der Waals surface area (Å²) in [5.74, 6) is 1.62. The largest absolute Gasteiger partial charge is 0.327 e. The number of likely N-dealkylation sites (tertiary alicyclic amines) is 1. The van der Waals surface area contributed by atoms with Gasteiger partial charge in [0.1, 0.15) is 0 Å². The summed E-state index contributed by atoms with van der Waals surface area (Å²) in [6.07, 6.45) is 6.57. The van der Waals surface area contributed by atoms with Crippen molar-refractivity contribution in [3.05, 3.63) is 0 Å². The fourth-order valence-corrected chi connectivity index (χ4v) is 3.98. The minimum absolute atomic E-state index is 0.435. The lowest BCUT2D eigenvalue weighted by Crippen LogP contribution is -2.49. The van der Waals surface area contributed by atoms with E-state index in [9.17, 15) is 0 Å². The van der Waals surface area contributed by atoms with Gasteiger partial charge in [0.2, 0.25) is 0 Å². The van der Waals surface area contributed by atoms with Gasteiger partial charge in [0.25, 0.3) is 0 Å². The van der Waals surface area contributed by atoms with E-state index in [4.69, 9.17) is 5.73 Å². The van der Waals surface area contributed by atoms with E-state index in [0.717, 1.165) is 12.0 Å². The van der Waals surface area contributed by atoms with Crippen LogP contribution in [0.5, 0.6) is 0 Å². The Morgan fingerprint density at radius 3 is 2.61 bits per heavy atom. The van der Waals surface area contributed by atoms with Gasteiger partial charge in [-0.3, -0.25) is 0 Å². The van der Waals surface area contributed by atoms with Gasteiger partial charge in [-0.2, -0.15) is 0 Å². The highest BCUT2D eigenvalue weighted by Gasteiger charge is 2.35. The van der Waals surface area contributed by atoms with Crippen LogP contribution in [0.3, 0.4) is 0 Å². The molecule has 2 aliphatic rings. The second-order valence-electron chi connectivity index (χ2n) is 7.80. The van der Waals surface area contributed by atoms with Crippen LogP contribution in [0.1, 0.15) is 59.8 Å². The molecule has 0 aromatic rings. The van der Waals surface area contributed by atoms with Crippen LogP contribution < -0.4 is 5.73 Å². The van der Waals surface area contributed by atoms with Crippen molar-refractivity contribution in [2.75, 3.05) is 13.1 Å². The molecule has 0 radical (unpaired) electrons. The first kappa shape index (κ1) is 14.3. The van der Waals surface area contributed by atoms with Gasteiger partial charge in [-0.25, -0.2) is 0 Å². The predicted octanol–water partition coefficient (Wildman–Crippen LogP) is 3.26. The number of piperidine rings is 1. The molecule has 1 aliphatic heterocycles. The van der Waals surface area contributed by atoms with Crippen molar-refractivity contribution in [3.63, 3.8) is 0 Å². The standard InChI is InChI=1S/C16H32N2/c1-12-6-8-18(13(2)9-12)11-14-10-16(3,4)7-5-15(14)17/h12-15H,5-11,17H2,1-4H3. The van der Waals surface area contributed by atoms with Gasteiger partial charge in [0.05, 0.1) is 0 Å². The maximum Gasteiger partial charge on any atom is 0.00797 e. The molecule has 1 aliphatic carbocycles. The third-order valence-electron chi connectivity index (χ3n) is 5.32. The number of hydrogen-bond donors (Lipinski definition) is 1. The maximum absolute atomic E-state index is 6.36. The topological polar surface area (TPSA) is 29.3 Å². The molecule has 1 saturated heterocycles. The van der Waals surface area contributed by atoms with Crippen LogP contribution in [-0.4, -0.2) is 30.1 Å². The zero-order chi connectivity index (χ0) is 13.3. The zero-order valence-electron chi connectivity index (χ0n) is 12.8. The van der Waals surface area contributed by atoms with Crippen LogP contribution >= 0.6 is 0 Å². The van der Waals surface area contributed by atoms with Crippen LogP contribution in [0.4, 0.5) is 0 Å². The third kappa shape index (κ3) is 3.48. The number of nitrogens with two attached hydrogens (primary N) is 1. The van der Waals surface area contributed by atoms with Gasteiger partial charge >= 0.3 is 0 Å². The lowest BCUT2D eigenvalue weighted by molar-refractivity contribution is 0.0675. The van der Waals surface area contributed by atoms with Gasteiger partial charge in [-0.05, 0) is 62.8 Å². The molecule has 2 heteroatoms. The van der Waals surface area contributed by atoms with Crippen molar-refractivity contribution in [2.45, 2.75) is 71.9 Å². The second kappa shape index (κ2) is 5.50. The van der Waals surface area contributed by atoms with E-state index in [2.05, 4.69) is 32.6 Å². The van der Waals surface area contributed by atoms with E-state index in [-0.39, 0.29) is 0 Å². The smallest absolute Gasteiger partial charge is 0.00797 e. The van der Waals surface area contributed by atoms with Crippen molar-refractivity contribution >= 4 is 0 Å². The first-order valence-electron chi connectivity index (χ1n) is 7.87. The molecule has 1 saturated carbocycles. The molecule has 0 aromatic heterocycles. The van der Waals surface area contributed by atoms with Gasteiger partial charge in [-0.1, -0.05) is 20.8 Å². The SMILES string of the molecule is CC1CCN(CC2CC(C)(C)CCC2N)C(C)C1. The van der Waals surface area contributed by atoms with Gasteiger partial charge in [0.15, 0.2) is 0 Å². The average Bonchev–Trinajstić information content (AvgIpc) is 2.27. The molecular weight excluding hydrogens is 220 g/mol. The highest BCUT2D eigenvalue weighted by atomic mass is 15.2. The fourth-order valence-electron chi connectivity index (χ4n) is 3.98. The van der Waals surface area contributed by atoms with E-state index in [1.165, 1.54) is 45.2 Å². The van der Waals surface area contributed by atoms with E-state index in [1.54, 1.807) is 0 Å². The number of hydrogen-bond acceptors (Lipinski definition) is 2. The Morgan fingerprint density at radius 1 is 1.22 bits per heavy atom. The van der Waals surface area contributed by atoms with Crippen LogP contribution in [0.15, 0.2) is 0 Å². The summed E-state index contributed by atoms with van der Waals surface area (Å²) < 4.78 is 0. The Morgan fingerprint density at radius 2 is 1.94 bits per heavy atom. The summed E-state index contributed by atoms with van der Waals surface area (Å²) in [6.45, 7) is 12.1. The second-order valence-corrected chi connectivity index (χ2v) is 7.80. The zero-order valence-corrected chi connectivity index (χ0v) is 12.8. The van der Waals surface area contributed by atoms with Crippen LogP contribution in [0.2, 0.25) is 0 Å². The highest BCUT2D eigenvalue weighted by Crippen LogP contribution is 2.39. The van der Waals surface area contributed by atoms with Gasteiger partial charge in [0, 0.05) is 18.6 Å². The van der Waals surface area contributed by atoms with Crippen LogP contribution in [-0.2, 0) is 0 Å². The van der Waals surface area contributed by atoms with Crippen LogP contribution in [0, 0.1) is 17.3 Å². The molecule has 2 nitrogen and oxygen atoms in total. The molecule has 2 rings (SSSR count). The minimum Gasteiger partial charge on any atom is -0.327 e. The summed E-state index contributed by atoms with van der Waals surface area (Å²) in [7, 11) is 0. The normalized spacial score (nSPS) is 41.8. The number of nitrogens with zero attached hydrogens (tertiary/aromatic N) is 1. The first-order valence-corrected chi connectivity index (χ1v) is 7.87. The number of rotatable bonds is 2. The molecular formula is C16H32N2. The molecule has 0 aromatic carbocycles. The van der Waals surface area contributed by atoms with Crippen molar-refractivity contribution < 1.29 is 0 Å².